The zero-order valence-electron chi connectivity index (χ0n) is 15.1. The Balaban J connectivity index is 2.36. The summed E-state index contributed by atoms with van der Waals surface area (Å²) in [4.78, 5) is 29.9. The first kappa shape index (κ1) is 18.1. The van der Waals surface area contributed by atoms with E-state index in [0.717, 1.165) is 16.7 Å². The second kappa shape index (κ2) is 6.92. The predicted molar refractivity (Wildman–Crippen MR) is 102 cm³/mol. The van der Waals surface area contributed by atoms with Gasteiger partial charge in [0.1, 0.15) is 22.4 Å². The molecule has 1 unspecified atom stereocenters. The molecule has 0 bridgehead atoms. The largest absolute Gasteiger partial charge is 0.496 e. The Morgan fingerprint density at radius 1 is 1.35 bits per heavy atom. The van der Waals surface area contributed by atoms with Gasteiger partial charge in [0, 0.05) is 16.5 Å². The van der Waals surface area contributed by atoms with Gasteiger partial charge < -0.3 is 9.84 Å². The van der Waals surface area contributed by atoms with Crippen LogP contribution in [0.1, 0.15) is 30.8 Å². The highest BCUT2D eigenvalue weighted by Gasteiger charge is 2.24. The molecule has 0 aliphatic rings. The van der Waals surface area contributed by atoms with Crippen molar-refractivity contribution in [2.45, 2.75) is 33.2 Å². The van der Waals surface area contributed by atoms with Crippen LogP contribution in [-0.4, -0.2) is 27.7 Å². The van der Waals surface area contributed by atoms with E-state index >= 15 is 0 Å². The first-order valence-corrected chi connectivity index (χ1v) is 9.15. The topological polar surface area (TPSA) is 81.4 Å². The molecule has 2 heterocycles. The number of hydrogen-bond acceptors (Lipinski definition) is 5. The molecule has 7 heteroatoms. The van der Waals surface area contributed by atoms with E-state index in [4.69, 9.17) is 4.74 Å². The molecule has 0 aliphatic carbocycles. The highest BCUT2D eigenvalue weighted by molar-refractivity contribution is 7.17. The minimum atomic E-state index is -1.04. The van der Waals surface area contributed by atoms with E-state index in [1.54, 1.807) is 21.0 Å². The lowest BCUT2D eigenvalue weighted by Gasteiger charge is -2.16. The molecule has 0 radical (unpaired) electrons. The van der Waals surface area contributed by atoms with Crippen molar-refractivity contribution in [1.29, 1.82) is 0 Å². The van der Waals surface area contributed by atoms with Crippen LogP contribution in [0.2, 0.25) is 0 Å². The summed E-state index contributed by atoms with van der Waals surface area (Å²) in [5, 5.41) is 11.8. The molecule has 1 aromatic carbocycles. The number of carboxylic acids is 1. The van der Waals surface area contributed by atoms with Gasteiger partial charge in [-0.15, -0.1) is 11.3 Å². The van der Waals surface area contributed by atoms with Crippen molar-refractivity contribution in [1.82, 2.24) is 9.55 Å². The van der Waals surface area contributed by atoms with Gasteiger partial charge in [-0.3, -0.25) is 9.36 Å². The molecular weight excluding hydrogens is 352 g/mol. The minimum Gasteiger partial charge on any atom is -0.496 e. The molecule has 0 fully saturated rings. The van der Waals surface area contributed by atoms with E-state index in [0.29, 0.717) is 28.2 Å². The Labute approximate surface area is 154 Å². The van der Waals surface area contributed by atoms with Gasteiger partial charge in [-0.05, 0) is 32.4 Å². The number of hydrogen-bond donors (Lipinski definition) is 1. The van der Waals surface area contributed by atoms with E-state index in [2.05, 4.69) is 4.98 Å². The fraction of sp³-hybridized carbons (Fsp3) is 0.316. The SMILES string of the molecule is CCC(C(=O)O)n1c(C)nc2scc(-c3cc(C)ccc3OC)c2c1=O. The molecule has 1 N–H and O–H groups in total. The van der Waals surface area contributed by atoms with Crippen LogP contribution < -0.4 is 10.3 Å². The highest BCUT2D eigenvalue weighted by atomic mass is 32.1. The number of benzene rings is 1. The third kappa shape index (κ3) is 2.88. The Morgan fingerprint density at radius 2 is 2.08 bits per heavy atom. The van der Waals surface area contributed by atoms with Crippen molar-refractivity contribution >= 4 is 27.5 Å². The summed E-state index contributed by atoms with van der Waals surface area (Å²) in [5.74, 6) is 0.0252. The monoisotopic (exact) mass is 372 g/mol. The number of methoxy groups -OCH3 is 1. The van der Waals surface area contributed by atoms with E-state index in [9.17, 15) is 14.7 Å². The van der Waals surface area contributed by atoms with Crippen LogP contribution in [0.4, 0.5) is 0 Å². The maximum absolute atomic E-state index is 13.2. The van der Waals surface area contributed by atoms with Crippen molar-refractivity contribution in [3.63, 3.8) is 0 Å². The molecule has 3 rings (SSSR count). The van der Waals surface area contributed by atoms with Crippen molar-refractivity contribution in [3.8, 4) is 16.9 Å². The number of rotatable bonds is 5. The Bertz CT molecular complexity index is 1050. The normalized spacial score (nSPS) is 12.3. The third-order valence-electron chi connectivity index (χ3n) is 4.44. The zero-order chi connectivity index (χ0) is 19.0. The summed E-state index contributed by atoms with van der Waals surface area (Å²) >= 11 is 1.37. The fourth-order valence-electron chi connectivity index (χ4n) is 3.17. The van der Waals surface area contributed by atoms with Gasteiger partial charge in [0.15, 0.2) is 0 Å². The molecule has 0 aliphatic heterocycles. The van der Waals surface area contributed by atoms with Crippen molar-refractivity contribution < 1.29 is 14.6 Å². The van der Waals surface area contributed by atoms with Crippen molar-refractivity contribution in [2.24, 2.45) is 0 Å². The van der Waals surface area contributed by atoms with Gasteiger partial charge in [-0.25, -0.2) is 9.78 Å². The van der Waals surface area contributed by atoms with Crippen LogP contribution in [0, 0.1) is 13.8 Å². The minimum absolute atomic E-state index is 0.302. The number of aliphatic carboxylic acids is 1. The van der Waals surface area contributed by atoms with E-state index in [1.807, 2.05) is 30.5 Å². The van der Waals surface area contributed by atoms with Gasteiger partial charge in [-0.2, -0.15) is 0 Å². The summed E-state index contributed by atoms with van der Waals surface area (Å²) in [6.07, 6.45) is 0.302. The average molecular weight is 372 g/mol. The third-order valence-corrected chi connectivity index (χ3v) is 5.32. The van der Waals surface area contributed by atoms with Crippen molar-refractivity contribution in [3.05, 3.63) is 45.3 Å². The number of aryl methyl sites for hydroxylation is 2. The molecule has 2 aromatic heterocycles. The quantitative estimate of drug-likeness (QED) is 0.737. The lowest BCUT2D eigenvalue weighted by Crippen LogP contribution is -2.32. The van der Waals surface area contributed by atoms with Crippen molar-refractivity contribution in [2.75, 3.05) is 7.11 Å². The highest BCUT2D eigenvalue weighted by Crippen LogP contribution is 2.37. The summed E-state index contributed by atoms with van der Waals surface area (Å²) < 4.78 is 6.74. The molecule has 136 valence electrons. The molecule has 0 saturated heterocycles. The smallest absolute Gasteiger partial charge is 0.326 e. The Morgan fingerprint density at radius 3 is 2.69 bits per heavy atom. The van der Waals surface area contributed by atoms with Gasteiger partial charge >= 0.3 is 5.97 Å². The summed E-state index contributed by atoms with van der Waals surface area (Å²) in [5.41, 5.74) is 2.23. The van der Waals surface area contributed by atoms with Crippen LogP contribution in [0.15, 0.2) is 28.4 Å². The molecule has 0 spiro atoms. The number of carboxylic acid groups (broad SMARTS) is 1. The van der Waals surface area contributed by atoms with Crippen LogP contribution in [-0.2, 0) is 4.79 Å². The van der Waals surface area contributed by atoms with Crippen LogP contribution in [0.25, 0.3) is 21.3 Å². The number of aromatic nitrogens is 2. The zero-order valence-corrected chi connectivity index (χ0v) is 15.9. The van der Waals surface area contributed by atoms with Crippen LogP contribution in [0.5, 0.6) is 5.75 Å². The summed E-state index contributed by atoms with van der Waals surface area (Å²) in [6.45, 7) is 5.38. The van der Waals surface area contributed by atoms with E-state index in [-0.39, 0.29) is 5.56 Å². The Hall–Kier alpha value is -2.67. The number of ether oxygens (including phenoxy) is 1. The first-order valence-electron chi connectivity index (χ1n) is 8.27. The second-order valence-corrected chi connectivity index (χ2v) is 6.99. The average Bonchev–Trinajstić information content (AvgIpc) is 3.01. The predicted octanol–water partition coefficient (Wildman–Crippen LogP) is 3.79. The van der Waals surface area contributed by atoms with Crippen LogP contribution >= 0.6 is 11.3 Å². The second-order valence-electron chi connectivity index (χ2n) is 6.13. The Kier molecular flexibility index (Phi) is 4.82. The maximum Gasteiger partial charge on any atom is 0.326 e. The fourth-order valence-corrected chi connectivity index (χ4v) is 4.14. The number of thiophene rings is 1. The lowest BCUT2D eigenvalue weighted by molar-refractivity contribution is -0.141. The molecule has 1 atom stereocenters. The van der Waals surface area contributed by atoms with Crippen LogP contribution in [0.3, 0.4) is 0 Å². The summed E-state index contributed by atoms with van der Waals surface area (Å²) in [7, 11) is 1.58. The lowest BCUT2D eigenvalue weighted by atomic mass is 10.0. The molecule has 3 aromatic rings. The summed E-state index contributed by atoms with van der Waals surface area (Å²) in [6, 6.07) is 4.82. The number of nitrogens with zero attached hydrogens (tertiary/aromatic N) is 2. The number of fused-ring (bicyclic) bond motifs is 1. The van der Waals surface area contributed by atoms with Gasteiger partial charge in [-0.1, -0.05) is 18.6 Å². The molecule has 0 saturated carbocycles. The van der Waals surface area contributed by atoms with E-state index in [1.165, 1.54) is 15.9 Å². The molecular formula is C19H20N2O4S. The van der Waals surface area contributed by atoms with Gasteiger partial charge in [0.25, 0.3) is 5.56 Å². The van der Waals surface area contributed by atoms with E-state index < -0.39 is 12.0 Å². The molecule has 26 heavy (non-hydrogen) atoms. The first-order chi connectivity index (χ1) is 12.4. The molecule has 0 amide bonds. The molecule has 6 nitrogen and oxygen atoms in total. The van der Waals surface area contributed by atoms with Gasteiger partial charge in [0.2, 0.25) is 0 Å². The number of carbonyl (C=O) groups is 1. The van der Waals surface area contributed by atoms with Gasteiger partial charge in [0.05, 0.1) is 12.5 Å². The standard InChI is InChI=1S/C19H20N2O4S/c1-5-14(19(23)24)21-11(3)20-17-16(18(21)22)13(9-26-17)12-8-10(2)6-7-15(12)25-4/h6-9,14H,5H2,1-4H3,(H,23,24). The maximum atomic E-state index is 13.2.